The molecule has 0 aromatic heterocycles. The molecule has 2 aromatic carbocycles. The number of likely N-dealkylation sites (tertiary alicyclic amines) is 1. The normalized spacial score (nSPS) is 16.2. The fourth-order valence-electron chi connectivity index (χ4n) is 3.41. The number of piperidine rings is 1. The second kappa shape index (κ2) is 10.8. The number of hydrogen-bond donors (Lipinski definition) is 3. The Kier molecular flexibility index (Phi) is 7.90. The molecule has 3 N–H and O–H groups in total. The topological polar surface area (TPSA) is 73.8 Å². The zero-order chi connectivity index (χ0) is 20.5. The Balaban J connectivity index is 1.37. The summed E-state index contributed by atoms with van der Waals surface area (Å²) in [4.78, 5) is 14.3. The molecule has 0 bridgehead atoms. The van der Waals surface area contributed by atoms with Crippen molar-refractivity contribution in [3.63, 3.8) is 0 Å². The lowest BCUT2D eigenvalue weighted by atomic mass is 10.0. The summed E-state index contributed by atoms with van der Waals surface area (Å²) >= 11 is 0. The maximum atomic E-state index is 11.9. The van der Waals surface area contributed by atoms with Crippen LogP contribution in [-0.4, -0.2) is 47.8 Å². The lowest BCUT2D eigenvalue weighted by Gasteiger charge is -2.32. The van der Waals surface area contributed by atoms with Gasteiger partial charge in [-0.3, -0.25) is 4.90 Å². The van der Waals surface area contributed by atoms with E-state index in [1.165, 1.54) is 5.56 Å². The van der Waals surface area contributed by atoms with Crippen LogP contribution in [0.15, 0.2) is 54.6 Å². The molecule has 29 heavy (non-hydrogen) atoms. The first-order valence-corrected chi connectivity index (χ1v) is 10.3. The molecule has 1 heterocycles. The van der Waals surface area contributed by atoms with Crippen LogP contribution < -0.4 is 15.4 Å². The number of carbonyl (C=O) groups excluding carboxylic acids is 1. The lowest BCUT2D eigenvalue weighted by Crippen LogP contribution is -2.48. The molecule has 0 saturated carbocycles. The summed E-state index contributed by atoms with van der Waals surface area (Å²) in [5.41, 5.74) is 1.26. The highest BCUT2D eigenvalue weighted by Gasteiger charge is 2.20. The summed E-state index contributed by atoms with van der Waals surface area (Å²) < 4.78 is 5.84. The first-order chi connectivity index (χ1) is 14.1. The molecule has 2 amide bonds. The van der Waals surface area contributed by atoms with Crippen molar-refractivity contribution in [2.45, 2.75) is 44.9 Å². The number of nitrogens with one attached hydrogen (secondary N) is 2. The summed E-state index contributed by atoms with van der Waals surface area (Å²) in [5.74, 6) is 1.68. The second-order valence-corrected chi connectivity index (χ2v) is 7.65. The summed E-state index contributed by atoms with van der Waals surface area (Å²) in [6.45, 7) is 5.03. The standard InChI is InChI=1S/C23H31N3O3/c1-18(27)11-14-24-23(28)25-20-12-15-26(16-13-20)17-19-7-9-22(10-8-19)29-21-5-3-2-4-6-21/h2-10,18,20,27H,11-17H2,1H3,(H2,24,25,28). The Hall–Kier alpha value is -2.57. The van der Waals surface area contributed by atoms with Crippen molar-refractivity contribution < 1.29 is 14.6 Å². The molecule has 156 valence electrons. The largest absolute Gasteiger partial charge is 0.457 e. The van der Waals surface area contributed by atoms with Gasteiger partial charge in [-0.25, -0.2) is 4.79 Å². The molecule has 1 aliphatic heterocycles. The van der Waals surface area contributed by atoms with Crippen LogP contribution in [0.5, 0.6) is 11.5 Å². The zero-order valence-corrected chi connectivity index (χ0v) is 17.0. The highest BCUT2D eigenvalue weighted by molar-refractivity contribution is 5.74. The van der Waals surface area contributed by atoms with Gasteiger partial charge < -0.3 is 20.5 Å². The molecular weight excluding hydrogens is 366 g/mol. The number of benzene rings is 2. The van der Waals surface area contributed by atoms with E-state index in [1.54, 1.807) is 6.92 Å². The van der Waals surface area contributed by atoms with E-state index in [0.29, 0.717) is 13.0 Å². The number of urea groups is 1. The summed E-state index contributed by atoms with van der Waals surface area (Å²) in [6, 6.07) is 18.1. The Bertz CT molecular complexity index is 742. The fourth-order valence-corrected chi connectivity index (χ4v) is 3.41. The maximum Gasteiger partial charge on any atom is 0.315 e. The quantitative estimate of drug-likeness (QED) is 0.637. The molecule has 1 fully saturated rings. The molecule has 1 unspecified atom stereocenters. The number of ether oxygens (including phenoxy) is 1. The molecule has 3 rings (SSSR count). The van der Waals surface area contributed by atoms with E-state index in [1.807, 2.05) is 42.5 Å². The number of carbonyl (C=O) groups is 1. The molecule has 6 heteroatoms. The first kappa shape index (κ1) is 21.1. The van der Waals surface area contributed by atoms with Crippen molar-refractivity contribution >= 4 is 6.03 Å². The van der Waals surface area contributed by atoms with Crippen LogP contribution in [0.2, 0.25) is 0 Å². The SMILES string of the molecule is CC(O)CCNC(=O)NC1CCN(Cc2ccc(Oc3ccccc3)cc2)CC1. The van der Waals surface area contributed by atoms with Gasteiger partial charge in [0.05, 0.1) is 6.10 Å². The first-order valence-electron chi connectivity index (χ1n) is 10.3. The van der Waals surface area contributed by atoms with Gasteiger partial charge in [0.15, 0.2) is 0 Å². The van der Waals surface area contributed by atoms with Crippen molar-refractivity contribution in [3.05, 3.63) is 60.2 Å². The Morgan fingerprint density at radius 2 is 1.76 bits per heavy atom. The van der Waals surface area contributed by atoms with Crippen LogP contribution in [0.3, 0.4) is 0 Å². The van der Waals surface area contributed by atoms with Crippen LogP contribution in [0.25, 0.3) is 0 Å². The van der Waals surface area contributed by atoms with E-state index in [0.717, 1.165) is 44.0 Å². The number of nitrogens with zero attached hydrogens (tertiary/aromatic N) is 1. The minimum absolute atomic E-state index is 0.141. The highest BCUT2D eigenvalue weighted by Crippen LogP contribution is 2.22. The average molecular weight is 398 g/mol. The smallest absolute Gasteiger partial charge is 0.315 e. The number of amides is 2. The molecule has 6 nitrogen and oxygen atoms in total. The van der Waals surface area contributed by atoms with Crippen LogP contribution in [0, 0.1) is 0 Å². The third-order valence-corrected chi connectivity index (χ3v) is 5.08. The van der Waals surface area contributed by atoms with E-state index < -0.39 is 6.10 Å². The Morgan fingerprint density at radius 3 is 2.41 bits per heavy atom. The molecule has 2 aromatic rings. The maximum absolute atomic E-state index is 11.9. The molecule has 0 radical (unpaired) electrons. The van der Waals surface area contributed by atoms with Crippen molar-refractivity contribution in [2.75, 3.05) is 19.6 Å². The summed E-state index contributed by atoms with van der Waals surface area (Å²) in [6.07, 6.45) is 2.07. The monoisotopic (exact) mass is 397 g/mol. The third kappa shape index (κ3) is 7.40. The Morgan fingerprint density at radius 1 is 1.10 bits per heavy atom. The number of para-hydroxylation sites is 1. The molecule has 0 aliphatic carbocycles. The number of aliphatic hydroxyl groups excluding tert-OH is 1. The van der Waals surface area contributed by atoms with Crippen molar-refractivity contribution in [1.82, 2.24) is 15.5 Å². The second-order valence-electron chi connectivity index (χ2n) is 7.65. The van der Waals surface area contributed by atoms with Gasteiger partial charge in [-0.15, -0.1) is 0 Å². The van der Waals surface area contributed by atoms with Crippen LogP contribution >= 0.6 is 0 Å². The van der Waals surface area contributed by atoms with Crippen molar-refractivity contribution in [2.24, 2.45) is 0 Å². The number of aliphatic hydroxyl groups is 1. The zero-order valence-electron chi connectivity index (χ0n) is 17.0. The highest BCUT2D eigenvalue weighted by atomic mass is 16.5. The van der Waals surface area contributed by atoms with Gasteiger partial charge in [-0.2, -0.15) is 0 Å². The molecular formula is C23H31N3O3. The van der Waals surface area contributed by atoms with E-state index in [9.17, 15) is 9.90 Å². The van der Waals surface area contributed by atoms with Crippen LogP contribution in [0.4, 0.5) is 4.79 Å². The van der Waals surface area contributed by atoms with Gasteiger partial charge in [-0.05, 0) is 56.0 Å². The number of hydrogen-bond acceptors (Lipinski definition) is 4. The van der Waals surface area contributed by atoms with E-state index >= 15 is 0 Å². The van der Waals surface area contributed by atoms with Crippen molar-refractivity contribution in [1.29, 1.82) is 0 Å². The van der Waals surface area contributed by atoms with E-state index in [2.05, 4.69) is 27.7 Å². The fraction of sp³-hybridized carbons (Fsp3) is 0.435. The molecule has 1 atom stereocenters. The summed E-state index contributed by atoms with van der Waals surface area (Å²) in [5, 5.41) is 15.1. The molecule has 1 aliphatic rings. The van der Waals surface area contributed by atoms with Gasteiger partial charge in [0, 0.05) is 32.2 Å². The minimum Gasteiger partial charge on any atom is -0.457 e. The van der Waals surface area contributed by atoms with Crippen LogP contribution in [0.1, 0.15) is 31.7 Å². The van der Waals surface area contributed by atoms with Gasteiger partial charge in [-0.1, -0.05) is 30.3 Å². The molecule has 1 saturated heterocycles. The van der Waals surface area contributed by atoms with Gasteiger partial charge in [0.2, 0.25) is 0 Å². The van der Waals surface area contributed by atoms with Gasteiger partial charge in [0.1, 0.15) is 11.5 Å². The van der Waals surface area contributed by atoms with Gasteiger partial charge in [0.25, 0.3) is 0 Å². The van der Waals surface area contributed by atoms with Crippen LogP contribution in [-0.2, 0) is 6.54 Å². The van der Waals surface area contributed by atoms with E-state index in [4.69, 9.17) is 4.74 Å². The summed E-state index contributed by atoms with van der Waals surface area (Å²) in [7, 11) is 0. The predicted octanol–water partition coefficient (Wildman–Crippen LogP) is 3.51. The van der Waals surface area contributed by atoms with Crippen molar-refractivity contribution in [3.8, 4) is 11.5 Å². The third-order valence-electron chi connectivity index (χ3n) is 5.08. The Labute approximate surface area is 172 Å². The van der Waals surface area contributed by atoms with Gasteiger partial charge >= 0.3 is 6.03 Å². The minimum atomic E-state index is -0.391. The molecule has 0 spiro atoms. The number of rotatable bonds is 8. The predicted molar refractivity (Wildman–Crippen MR) is 114 cm³/mol. The average Bonchev–Trinajstić information content (AvgIpc) is 2.71. The van der Waals surface area contributed by atoms with E-state index in [-0.39, 0.29) is 12.1 Å². The lowest BCUT2D eigenvalue weighted by molar-refractivity contribution is 0.178.